The van der Waals surface area contributed by atoms with E-state index in [4.69, 9.17) is 5.73 Å². The van der Waals surface area contributed by atoms with E-state index < -0.39 is 0 Å². The first-order valence-corrected chi connectivity index (χ1v) is 5.90. The van der Waals surface area contributed by atoms with Crippen molar-refractivity contribution in [2.75, 3.05) is 13.1 Å². The molecule has 1 aromatic heterocycles. The van der Waals surface area contributed by atoms with Crippen LogP contribution in [0.2, 0.25) is 0 Å². The van der Waals surface area contributed by atoms with Gasteiger partial charge < -0.3 is 11.1 Å². The summed E-state index contributed by atoms with van der Waals surface area (Å²) in [5.41, 5.74) is 5.42. The fourth-order valence-electron chi connectivity index (χ4n) is 1.28. The van der Waals surface area contributed by atoms with Crippen molar-refractivity contribution in [2.24, 2.45) is 5.73 Å². The molecule has 0 aliphatic heterocycles. The lowest BCUT2D eigenvalue weighted by molar-refractivity contribution is 0.396. The molecular formula is C10H19N3S. The lowest BCUT2D eigenvalue weighted by atomic mass is 10.1. The number of hydrogen-bond acceptors (Lipinski definition) is 4. The molecule has 1 aromatic rings. The molecule has 0 aliphatic rings. The number of hydrogen-bond donors (Lipinski definition) is 2. The summed E-state index contributed by atoms with van der Waals surface area (Å²) in [6.07, 6.45) is 4.07. The Kier molecular flexibility index (Phi) is 4.51. The summed E-state index contributed by atoms with van der Waals surface area (Å²) >= 11 is 1.70. The Morgan fingerprint density at radius 3 is 2.86 bits per heavy atom. The summed E-state index contributed by atoms with van der Waals surface area (Å²) in [7, 11) is 0. The van der Waals surface area contributed by atoms with Crippen molar-refractivity contribution in [3.05, 3.63) is 16.6 Å². The van der Waals surface area contributed by atoms with Gasteiger partial charge in [0.05, 0.1) is 5.54 Å². The van der Waals surface area contributed by atoms with E-state index in [9.17, 15) is 0 Å². The predicted molar refractivity (Wildman–Crippen MR) is 61.4 cm³/mol. The summed E-state index contributed by atoms with van der Waals surface area (Å²) in [4.78, 5) is 4.32. The van der Waals surface area contributed by atoms with E-state index in [0.717, 1.165) is 30.9 Å². The molecule has 0 radical (unpaired) electrons. The molecule has 3 N–H and O–H groups in total. The predicted octanol–water partition coefficient (Wildman–Crippen LogP) is 1.71. The van der Waals surface area contributed by atoms with E-state index in [-0.39, 0.29) is 5.54 Å². The highest BCUT2D eigenvalue weighted by Crippen LogP contribution is 2.21. The highest BCUT2D eigenvalue weighted by atomic mass is 32.1. The molecular weight excluding hydrogens is 194 g/mol. The molecule has 0 aliphatic carbocycles. The van der Waals surface area contributed by atoms with Gasteiger partial charge in [-0.1, -0.05) is 0 Å². The minimum absolute atomic E-state index is 0.0111. The molecule has 80 valence electrons. The Hall–Kier alpha value is -0.450. The molecule has 4 heteroatoms. The first-order chi connectivity index (χ1) is 6.67. The Balaban J connectivity index is 2.35. The number of nitrogens with two attached hydrogens (primary N) is 1. The molecule has 14 heavy (non-hydrogen) atoms. The van der Waals surface area contributed by atoms with E-state index in [2.05, 4.69) is 24.1 Å². The van der Waals surface area contributed by atoms with Gasteiger partial charge in [0, 0.05) is 11.6 Å². The van der Waals surface area contributed by atoms with Crippen LogP contribution in [0, 0.1) is 0 Å². The highest BCUT2D eigenvalue weighted by Gasteiger charge is 2.21. The number of rotatable bonds is 6. The van der Waals surface area contributed by atoms with Crippen LogP contribution in [-0.4, -0.2) is 18.1 Å². The SMILES string of the molecule is CC(C)(NCCCCN)c1nccs1. The average molecular weight is 213 g/mol. The van der Waals surface area contributed by atoms with Crippen LogP contribution in [0.25, 0.3) is 0 Å². The fraction of sp³-hybridized carbons (Fsp3) is 0.700. The van der Waals surface area contributed by atoms with Gasteiger partial charge in [-0.2, -0.15) is 0 Å². The van der Waals surface area contributed by atoms with Crippen LogP contribution in [-0.2, 0) is 5.54 Å². The van der Waals surface area contributed by atoms with Gasteiger partial charge in [-0.05, 0) is 39.8 Å². The Morgan fingerprint density at radius 2 is 2.29 bits per heavy atom. The minimum Gasteiger partial charge on any atom is -0.330 e. The number of nitrogens with one attached hydrogen (secondary N) is 1. The first kappa shape index (κ1) is 11.6. The van der Waals surface area contributed by atoms with Gasteiger partial charge in [-0.3, -0.25) is 0 Å². The van der Waals surface area contributed by atoms with Crippen molar-refractivity contribution in [1.82, 2.24) is 10.3 Å². The zero-order valence-electron chi connectivity index (χ0n) is 8.92. The lowest BCUT2D eigenvalue weighted by Crippen LogP contribution is -2.37. The van der Waals surface area contributed by atoms with Crippen LogP contribution in [0.5, 0.6) is 0 Å². The molecule has 1 heterocycles. The summed E-state index contributed by atoms with van der Waals surface area (Å²) < 4.78 is 0. The average Bonchev–Trinajstić information content (AvgIpc) is 2.65. The summed E-state index contributed by atoms with van der Waals surface area (Å²) in [5.74, 6) is 0. The molecule has 0 saturated heterocycles. The molecule has 0 spiro atoms. The lowest BCUT2D eigenvalue weighted by Gasteiger charge is -2.23. The minimum atomic E-state index is -0.0111. The van der Waals surface area contributed by atoms with Crippen molar-refractivity contribution in [1.29, 1.82) is 0 Å². The van der Waals surface area contributed by atoms with Crippen molar-refractivity contribution >= 4 is 11.3 Å². The van der Waals surface area contributed by atoms with E-state index in [0.29, 0.717) is 0 Å². The molecule has 1 rings (SSSR count). The van der Waals surface area contributed by atoms with Crippen LogP contribution in [0.1, 0.15) is 31.7 Å². The van der Waals surface area contributed by atoms with Gasteiger partial charge in [0.1, 0.15) is 5.01 Å². The quantitative estimate of drug-likeness (QED) is 0.707. The Bertz CT molecular complexity index is 244. The second-order valence-corrected chi connectivity index (χ2v) is 4.78. The monoisotopic (exact) mass is 213 g/mol. The van der Waals surface area contributed by atoms with Crippen LogP contribution < -0.4 is 11.1 Å². The second-order valence-electron chi connectivity index (χ2n) is 3.88. The molecule has 0 amide bonds. The Labute approximate surface area is 89.7 Å². The van der Waals surface area contributed by atoms with Gasteiger partial charge in [0.25, 0.3) is 0 Å². The zero-order chi connectivity index (χ0) is 10.4. The number of thiazole rings is 1. The maximum Gasteiger partial charge on any atom is 0.112 e. The number of nitrogens with zero attached hydrogens (tertiary/aromatic N) is 1. The molecule has 0 aromatic carbocycles. The molecule has 3 nitrogen and oxygen atoms in total. The van der Waals surface area contributed by atoms with Gasteiger partial charge in [-0.15, -0.1) is 11.3 Å². The smallest absolute Gasteiger partial charge is 0.112 e. The van der Waals surface area contributed by atoms with Crippen molar-refractivity contribution in [2.45, 2.75) is 32.2 Å². The molecule has 0 fully saturated rings. The standard InChI is InChI=1S/C10H19N3S/c1-10(2,9-12-7-8-14-9)13-6-4-3-5-11/h7-8,13H,3-6,11H2,1-2H3. The van der Waals surface area contributed by atoms with Crippen LogP contribution in [0.4, 0.5) is 0 Å². The van der Waals surface area contributed by atoms with E-state index in [1.807, 2.05) is 11.6 Å². The van der Waals surface area contributed by atoms with Gasteiger partial charge in [-0.25, -0.2) is 4.98 Å². The maximum absolute atomic E-state index is 5.43. The highest BCUT2D eigenvalue weighted by molar-refractivity contribution is 7.09. The topological polar surface area (TPSA) is 50.9 Å². The third kappa shape index (κ3) is 3.36. The fourth-order valence-corrected chi connectivity index (χ4v) is 2.02. The van der Waals surface area contributed by atoms with Crippen LogP contribution in [0.3, 0.4) is 0 Å². The molecule has 0 saturated carbocycles. The second kappa shape index (κ2) is 5.44. The van der Waals surface area contributed by atoms with Crippen LogP contribution in [0.15, 0.2) is 11.6 Å². The molecule has 0 unspecified atom stereocenters. The van der Waals surface area contributed by atoms with Gasteiger partial charge in [0.2, 0.25) is 0 Å². The normalized spacial score (nSPS) is 11.9. The maximum atomic E-state index is 5.43. The van der Waals surface area contributed by atoms with E-state index >= 15 is 0 Å². The van der Waals surface area contributed by atoms with E-state index in [1.165, 1.54) is 0 Å². The molecule has 0 bridgehead atoms. The van der Waals surface area contributed by atoms with Gasteiger partial charge in [0.15, 0.2) is 0 Å². The summed E-state index contributed by atoms with van der Waals surface area (Å²) in [6.45, 7) is 6.10. The first-order valence-electron chi connectivity index (χ1n) is 5.02. The number of aromatic nitrogens is 1. The van der Waals surface area contributed by atoms with E-state index in [1.54, 1.807) is 11.3 Å². The number of unbranched alkanes of at least 4 members (excludes halogenated alkanes) is 1. The Morgan fingerprint density at radius 1 is 1.50 bits per heavy atom. The van der Waals surface area contributed by atoms with Crippen molar-refractivity contribution in [3.63, 3.8) is 0 Å². The van der Waals surface area contributed by atoms with Gasteiger partial charge >= 0.3 is 0 Å². The third-order valence-electron chi connectivity index (χ3n) is 2.16. The summed E-state index contributed by atoms with van der Waals surface area (Å²) in [6, 6.07) is 0. The third-order valence-corrected chi connectivity index (χ3v) is 3.26. The van der Waals surface area contributed by atoms with Crippen molar-refractivity contribution in [3.8, 4) is 0 Å². The molecule has 0 atom stereocenters. The largest absolute Gasteiger partial charge is 0.330 e. The zero-order valence-corrected chi connectivity index (χ0v) is 9.73. The van der Waals surface area contributed by atoms with Crippen molar-refractivity contribution < 1.29 is 0 Å². The summed E-state index contributed by atoms with van der Waals surface area (Å²) in [5, 5.41) is 6.64. The van der Waals surface area contributed by atoms with Crippen LogP contribution >= 0.6 is 11.3 Å².